The second kappa shape index (κ2) is 31.2. The molecule has 0 aliphatic heterocycles. The molecule has 73 heavy (non-hydrogen) atoms. The van der Waals surface area contributed by atoms with Gasteiger partial charge >= 0.3 is 0 Å². The third kappa shape index (κ3) is 61.2. The molecule has 0 amide bonds. The molecule has 0 aliphatic rings. The van der Waals surface area contributed by atoms with Gasteiger partial charge in [0.2, 0.25) is 50.3 Å². The summed E-state index contributed by atoms with van der Waals surface area (Å²) in [5.41, 5.74) is -5.18. The molecule has 0 aromatic heterocycles. The molecule has 4 N–H and O–H groups in total. The van der Waals surface area contributed by atoms with Crippen LogP contribution >= 0.6 is 0 Å². The summed E-state index contributed by atoms with van der Waals surface area (Å²) in [5.74, 6) is 0. The van der Waals surface area contributed by atoms with Crippen molar-refractivity contribution in [2.75, 3.05) is 0 Å². The summed E-state index contributed by atoms with van der Waals surface area (Å²) in [6.07, 6.45) is -7.75. The number of ether oxygens (including phenoxy) is 12. The van der Waals surface area contributed by atoms with Crippen LogP contribution in [0.5, 0.6) is 0 Å². The molecule has 0 radical (unpaired) electrons. The molecule has 0 rings (SSSR count). The van der Waals surface area contributed by atoms with Gasteiger partial charge < -0.3 is 77.3 Å². The largest absolute Gasteiger partial charge is 0.364 e. The van der Waals surface area contributed by atoms with Crippen LogP contribution in [0.3, 0.4) is 0 Å². The van der Waals surface area contributed by atoms with E-state index in [2.05, 4.69) is 0 Å². The second-order valence-electron chi connectivity index (χ2n) is 29.8. The summed E-state index contributed by atoms with van der Waals surface area (Å²) in [6, 6.07) is 0. The van der Waals surface area contributed by atoms with Crippen molar-refractivity contribution in [1.29, 1.82) is 0 Å². The van der Waals surface area contributed by atoms with Gasteiger partial charge in [-0.1, -0.05) is 0 Å². The molecular weight excluding hydrogens is 976 g/mol. The zero-order valence-corrected chi connectivity index (χ0v) is 55.4. The van der Waals surface area contributed by atoms with Crippen LogP contribution in [0.4, 0.5) is 0 Å². The van der Waals surface area contributed by atoms with Crippen LogP contribution in [0.15, 0.2) is 0 Å². The summed E-state index contributed by atoms with van der Waals surface area (Å²) in [6.45, 7) is 68.4. The first kappa shape index (κ1) is 81.9. The van der Waals surface area contributed by atoms with Gasteiger partial charge in [0.15, 0.2) is 0 Å². The van der Waals surface area contributed by atoms with Gasteiger partial charge in [-0.15, -0.1) is 0 Å². The molecule has 0 aromatic carbocycles. The Morgan fingerprint density at radius 3 is 0.288 bits per heavy atom. The zero-order chi connectivity index (χ0) is 59.1. The van der Waals surface area contributed by atoms with Crippen molar-refractivity contribution in [2.24, 2.45) is 0 Å². The third-order valence-electron chi connectivity index (χ3n) is 6.59. The molecule has 0 aliphatic carbocycles. The predicted molar refractivity (Wildman–Crippen MR) is 289 cm³/mol. The van der Waals surface area contributed by atoms with Crippen molar-refractivity contribution < 1.29 is 99.0 Å². The number of hydrogen-bond acceptors (Lipinski definition) is 16. The van der Waals surface area contributed by atoms with Crippen LogP contribution in [-0.2, 0) is 78.6 Å². The van der Waals surface area contributed by atoms with Gasteiger partial charge in [0.05, 0.1) is 67.2 Å². The molecule has 0 aromatic rings. The Bertz CT molecular complexity index is 1130. The number of aliphatic hydroxyl groups excluding tert-OH is 4. The van der Waals surface area contributed by atoms with E-state index in [0.29, 0.717) is 0 Å². The van der Waals surface area contributed by atoms with Gasteiger partial charge in [0.1, 0.15) is 0 Å². The van der Waals surface area contributed by atoms with E-state index in [1.54, 1.807) is 0 Å². The van der Waals surface area contributed by atoms with Gasteiger partial charge in [-0.25, -0.2) is 0 Å². The smallest absolute Gasteiger partial charge is 0.210 e. The normalized spacial score (nSPS) is 15.9. The molecule has 0 fully saturated rings. The summed E-state index contributed by atoms with van der Waals surface area (Å²) >= 11 is 0. The minimum Gasteiger partial charge on any atom is -0.364 e. The molecule has 0 saturated heterocycles. The van der Waals surface area contributed by atoms with Crippen molar-refractivity contribution in [1.82, 2.24) is 0 Å². The van der Waals surface area contributed by atoms with E-state index in [9.17, 15) is 20.4 Å². The van der Waals surface area contributed by atoms with Crippen molar-refractivity contribution in [2.45, 2.75) is 367 Å². The Balaban J connectivity index is -0.000000280. The van der Waals surface area contributed by atoms with E-state index >= 15 is 0 Å². The van der Waals surface area contributed by atoms with Crippen molar-refractivity contribution >= 4 is 0 Å². The molecule has 0 saturated carbocycles. The van der Waals surface area contributed by atoms with Gasteiger partial charge in [-0.2, -0.15) is 0 Å². The maximum atomic E-state index is 10.1. The van der Waals surface area contributed by atoms with Crippen molar-refractivity contribution in [3.05, 3.63) is 0 Å². The van der Waals surface area contributed by atoms with E-state index in [4.69, 9.17) is 56.8 Å². The summed E-state index contributed by atoms with van der Waals surface area (Å²) in [5, 5.41) is 40.4. The average molecular weight is 1100 g/mol. The number of hydrogen-bond donors (Lipinski definition) is 4. The first-order valence-corrected chi connectivity index (χ1v) is 25.6. The SMILES string of the molecule is CC(C)(C)OC(O)C(OC(C)(C)C)OC(C)(C)C.CC(C)(C)OC(O)C(OC(C)(C)C)OC(C)(C)C.CC(C)(C)OC(O)C(OC(C)(C)C)OC(C)(C)C.CC(C)(C)OC(O)C(OC(C)(C)C)OC(C)(C)C.[Ti]. The number of aliphatic hydroxyl groups is 4. The predicted octanol–water partition coefficient (Wildman–Crippen LogP) is 12.3. The topological polar surface area (TPSA) is 192 Å². The maximum absolute atomic E-state index is 10.1. The van der Waals surface area contributed by atoms with Crippen molar-refractivity contribution in [3.63, 3.8) is 0 Å². The van der Waals surface area contributed by atoms with E-state index in [0.717, 1.165) is 0 Å². The van der Waals surface area contributed by atoms with E-state index in [-0.39, 0.29) is 21.7 Å². The number of rotatable bonds is 16. The Labute approximate surface area is 463 Å². The Morgan fingerprint density at radius 2 is 0.233 bits per heavy atom. The van der Waals surface area contributed by atoms with Gasteiger partial charge in [0, 0.05) is 21.7 Å². The minimum absolute atomic E-state index is 0. The molecule has 16 nitrogen and oxygen atoms in total. The molecule has 0 bridgehead atoms. The Morgan fingerprint density at radius 1 is 0.164 bits per heavy atom. The first-order chi connectivity index (χ1) is 30.8. The molecule has 17 heteroatoms. The molecular formula is C56H120O16Ti. The van der Waals surface area contributed by atoms with E-state index in [1.807, 2.05) is 249 Å². The fourth-order valence-corrected chi connectivity index (χ4v) is 5.02. The minimum atomic E-state index is -1.12. The standard InChI is InChI=1S/4C14H30O4.Ti/c4*1-12(2,3)16-10(15)11(17-13(4,5)6)18-14(7,8)9;/h4*10-11,15H,1-9H3;. The van der Waals surface area contributed by atoms with E-state index < -0.39 is 118 Å². The van der Waals surface area contributed by atoms with Crippen LogP contribution in [0.2, 0.25) is 0 Å². The first-order valence-electron chi connectivity index (χ1n) is 25.6. The van der Waals surface area contributed by atoms with Crippen LogP contribution in [0.1, 0.15) is 249 Å². The van der Waals surface area contributed by atoms with Gasteiger partial charge in [-0.05, 0) is 249 Å². The van der Waals surface area contributed by atoms with Crippen LogP contribution in [0.25, 0.3) is 0 Å². The Kier molecular flexibility index (Phi) is 35.0. The molecule has 444 valence electrons. The monoisotopic (exact) mass is 1100 g/mol. The molecule has 4 unspecified atom stereocenters. The summed E-state index contributed by atoms with van der Waals surface area (Å²) in [7, 11) is 0. The second-order valence-corrected chi connectivity index (χ2v) is 29.8. The molecule has 4 atom stereocenters. The molecule has 0 spiro atoms. The summed E-state index contributed by atoms with van der Waals surface area (Å²) < 4.78 is 67.8. The van der Waals surface area contributed by atoms with Gasteiger partial charge in [0.25, 0.3) is 0 Å². The maximum Gasteiger partial charge on any atom is 0.210 e. The zero-order valence-electron chi connectivity index (χ0n) is 53.8. The fraction of sp³-hybridized carbons (Fsp3) is 1.00. The Hall–Kier alpha value is 0.0743. The fourth-order valence-electron chi connectivity index (χ4n) is 5.02. The average Bonchev–Trinajstić information content (AvgIpc) is 2.96. The van der Waals surface area contributed by atoms with Crippen LogP contribution in [0, 0.1) is 0 Å². The third-order valence-corrected chi connectivity index (χ3v) is 6.59. The van der Waals surface area contributed by atoms with Crippen molar-refractivity contribution in [3.8, 4) is 0 Å². The van der Waals surface area contributed by atoms with Crippen LogP contribution < -0.4 is 0 Å². The van der Waals surface area contributed by atoms with E-state index in [1.165, 1.54) is 0 Å². The van der Waals surface area contributed by atoms with Crippen LogP contribution in [-0.4, -0.2) is 138 Å². The molecule has 0 heterocycles. The van der Waals surface area contributed by atoms with Gasteiger partial charge in [-0.3, -0.25) is 0 Å². The summed E-state index contributed by atoms with van der Waals surface area (Å²) in [4.78, 5) is 0. The quantitative estimate of drug-likeness (QED) is 0.0842.